The van der Waals surface area contributed by atoms with Crippen LogP contribution in [0.2, 0.25) is 0 Å². The molecular weight excluding hydrogens is 352 g/mol. The van der Waals surface area contributed by atoms with Crippen molar-refractivity contribution in [3.8, 4) is 0 Å². The van der Waals surface area contributed by atoms with E-state index in [4.69, 9.17) is 4.55 Å². The summed E-state index contributed by atoms with van der Waals surface area (Å²) in [7, 11) is -9.69. The number of hydrogen-bond acceptors (Lipinski definition) is 5. The van der Waals surface area contributed by atoms with Crippen molar-refractivity contribution < 1.29 is 25.9 Å². The Labute approximate surface area is 132 Å². The van der Waals surface area contributed by atoms with Gasteiger partial charge in [-0.3, -0.25) is 9.11 Å². The summed E-state index contributed by atoms with van der Waals surface area (Å²) in [6, 6.07) is 11.3. The molecular formula is C11H10N2O6S3. The van der Waals surface area contributed by atoms with Crippen LogP contribution >= 0.6 is 12.2 Å². The van der Waals surface area contributed by atoms with Crippen molar-refractivity contribution in [2.75, 3.05) is 4.31 Å². The van der Waals surface area contributed by atoms with Gasteiger partial charge in [0.05, 0.1) is 5.69 Å². The van der Waals surface area contributed by atoms with Crippen molar-refractivity contribution in [2.45, 2.75) is 0 Å². The molecule has 0 aliphatic carbocycles. The molecule has 0 fully saturated rings. The molecule has 0 aromatic heterocycles. The van der Waals surface area contributed by atoms with Crippen molar-refractivity contribution in [2.24, 2.45) is 0 Å². The van der Waals surface area contributed by atoms with E-state index < -0.39 is 25.7 Å². The summed E-state index contributed by atoms with van der Waals surface area (Å²) in [5.41, 5.74) is -0.0950. The Morgan fingerprint density at radius 2 is 1.59 bits per heavy atom. The van der Waals surface area contributed by atoms with E-state index in [2.05, 4.69) is 12.2 Å². The molecule has 0 heterocycles. The van der Waals surface area contributed by atoms with Crippen molar-refractivity contribution >= 4 is 54.4 Å². The van der Waals surface area contributed by atoms with Crippen molar-refractivity contribution in [1.82, 2.24) is 4.72 Å². The SMILES string of the molecule is O=S(=O)(O)NC(=S)N(c1ccc2ccccc2c1)S(=O)(=O)O. The van der Waals surface area contributed by atoms with Gasteiger partial charge in [0.2, 0.25) is 5.11 Å². The van der Waals surface area contributed by atoms with Crippen LogP contribution in [-0.2, 0) is 20.6 Å². The van der Waals surface area contributed by atoms with Crippen LogP contribution in [0.3, 0.4) is 0 Å². The van der Waals surface area contributed by atoms with Crippen LogP contribution in [0.1, 0.15) is 0 Å². The van der Waals surface area contributed by atoms with E-state index in [9.17, 15) is 21.4 Å². The fourth-order valence-corrected chi connectivity index (χ4v) is 3.52. The quantitative estimate of drug-likeness (QED) is 0.552. The van der Waals surface area contributed by atoms with Crippen LogP contribution in [0.15, 0.2) is 42.5 Å². The molecule has 2 rings (SSSR count). The molecule has 0 amide bonds. The van der Waals surface area contributed by atoms with Crippen molar-refractivity contribution in [3.05, 3.63) is 42.5 Å². The lowest BCUT2D eigenvalue weighted by Gasteiger charge is -2.21. The predicted molar refractivity (Wildman–Crippen MR) is 85.3 cm³/mol. The first kappa shape index (κ1) is 16.6. The zero-order valence-corrected chi connectivity index (χ0v) is 13.2. The van der Waals surface area contributed by atoms with E-state index in [0.29, 0.717) is 5.39 Å². The third-order valence-electron chi connectivity index (χ3n) is 2.60. The van der Waals surface area contributed by atoms with Gasteiger partial charge in [-0.1, -0.05) is 30.3 Å². The summed E-state index contributed by atoms with van der Waals surface area (Å²) in [4.78, 5) is 0. The van der Waals surface area contributed by atoms with Gasteiger partial charge in [0.25, 0.3) is 0 Å². The highest BCUT2D eigenvalue weighted by Crippen LogP contribution is 2.24. The zero-order chi connectivity index (χ0) is 16.5. The highest BCUT2D eigenvalue weighted by Gasteiger charge is 2.27. The molecule has 0 aliphatic heterocycles. The molecule has 0 spiro atoms. The van der Waals surface area contributed by atoms with Crippen LogP contribution in [0.4, 0.5) is 5.69 Å². The highest BCUT2D eigenvalue weighted by atomic mass is 32.2. The minimum atomic E-state index is -4.90. The minimum Gasteiger partial charge on any atom is -0.269 e. The smallest absolute Gasteiger partial charge is 0.269 e. The summed E-state index contributed by atoms with van der Waals surface area (Å²) in [6.45, 7) is 0. The standard InChI is InChI=1S/C11H10N2O6S3/c14-21(15,16)12-11(20)13(22(17,18)19)10-6-5-8-3-1-2-4-9(8)7-10/h1-7H,(H,12,20)(H,14,15,16)(H,17,18,19). The van der Waals surface area contributed by atoms with E-state index in [1.807, 2.05) is 0 Å². The number of nitrogens with zero attached hydrogens (tertiary/aromatic N) is 1. The van der Waals surface area contributed by atoms with E-state index in [0.717, 1.165) is 5.39 Å². The summed E-state index contributed by atoms with van der Waals surface area (Å²) < 4.78 is 64.0. The molecule has 3 N–H and O–H groups in total. The lowest BCUT2D eigenvalue weighted by atomic mass is 10.1. The molecule has 0 bridgehead atoms. The zero-order valence-electron chi connectivity index (χ0n) is 10.7. The number of benzene rings is 2. The van der Waals surface area contributed by atoms with Crippen molar-refractivity contribution in [1.29, 1.82) is 0 Å². The van der Waals surface area contributed by atoms with Gasteiger partial charge in [-0.05, 0) is 35.1 Å². The largest absolute Gasteiger partial charge is 0.366 e. The third-order valence-corrected chi connectivity index (χ3v) is 4.43. The van der Waals surface area contributed by atoms with Crippen molar-refractivity contribution in [3.63, 3.8) is 0 Å². The maximum Gasteiger partial charge on any atom is 0.366 e. The first-order chi connectivity index (χ1) is 10.1. The van der Waals surface area contributed by atoms with Gasteiger partial charge >= 0.3 is 20.6 Å². The van der Waals surface area contributed by atoms with Gasteiger partial charge in [-0.15, -0.1) is 0 Å². The molecule has 2 aromatic carbocycles. The molecule has 0 saturated carbocycles. The highest BCUT2D eigenvalue weighted by molar-refractivity contribution is 7.92. The Morgan fingerprint density at radius 1 is 1.00 bits per heavy atom. The summed E-state index contributed by atoms with van der Waals surface area (Å²) in [6.07, 6.45) is 0. The number of thiocarbonyl (C=S) groups is 1. The minimum absolute atomic E-state index is 0.0950. The Morgan fingerprint density at radius 3 is 2.14 bits per heavy atom. The monoisotopic (exact) mass is 362 g/mol. The van der Waals surface area contributed by atoms with E-state index in [1.54, 1.807) is 30.3 Å². The Kier molecular flexibility index (Phi) is 4.35. The maximum absolute atomic E-state index is 11.5. The number of fused-ring (bicyclic) bond motifs is 1. The number of nitrogens with one attached hydrogen (secondary N) is 1. The van der Waals surface area contributed by atoms with Gasteiger partial charge < -0.3 is 0 Å². The molecule has 0 saturated heterocycles. The average molecular weight is 362 g/mol. The van der Waals surface area contributed by atoms with Crippen LogP contribution < -0.4 is 9.03 Å². The summed E-state index contributed by atoms with van der Waals surface area (Å²) in [5.74, 6) is 0. The molecule has 22 heavy (non-hydrogen) atoms. The number of rotatable bonds is 3. The van der Waals surface area contributed by atoms with E-state index in [-0.39, 0.29) is 9.99 Å². The molecule has 11 heteroatoms. The third kappa shape index (κ3) is 3.90. The number of anilines is 1. The fraction of sp³-hybridized carbons (Fsp3) is 0. The molecule has 0 aliphatic rings. The molecule has 0 atom stereocenters. The Bertz CT molecular complexity index is 939. The summed E-state index contributed by atoms with van der Waals surface area (Å²) in [5, 5.41) is 0.527. The van der Waals surface area contributed by atoms with Gasteiger partial charge in [-0.2, -0.15) is 21.1 Å². The topological polar surface area (TPSA) is 124 Å². The molecule has 2 aromatic rings. The van der Waals surface area contributed by atoms with Crippen LogP contribution in [-0.4, -0.2) is 31.1 Å². The maximum atomic E-state index is 11.5. The van der Waals surface area contributed by atoms with Crippen LogP contribution in [0.5, 0.6) is 0 Å². The molecule has 8 nitrogen and oxygen atoms in total. The first-order valence-electron chi connectivity index (χ1n) is 5.64. The molecule has 0 unspecified atom stereocenters. The van der Waals surface area contributed by atoms with Gasteiger partial charge in [0, 0.05) is 0 Å². The summed E-state index contributed by atoms with van der Waals surface area (Å²) >= 11 is 4.61. The lowest BCUT2D eigenvalue weighted by molar-refractivity contribution is 0.478. The van der Waals surface area contributed by atoms with Crippen LogP contribution in [0, 0.1) is 0 Å². The second-order valence-corrected chi connectivity index (χ2v) is 6.96. The van der Waals surface area contributed by atoms with Crippen LogP contribution in [0.25, 0.3) is 10.8 Å². The fourth-order valence-electron chi connectivity index (χ4n) is 1.81. The second-order valence-electron chi connectivity index (χ2n) is 4.16. The average Bonchev–Trinajstić information content (AvgIpc) is 2.34. The Hall–Kier alpha value is -1.79. The van der Waals surface area contributed by atoms with E-state index in [1.165, 1.54) is 16.9 Å². The van der Waals surface area contributed by atoms with Gasteiger partial charge in [0.15, 0.2) is 0 Å². The number of hydrogen-bond donors (Lipinski definition) is 3. The Balaban J connectivity index is 2.55. The predicted octanol–water partition coefficient (Wildman–Crippen LogP) is 1.13. The molecule has 0 radical (unpaired) electrons. The lowest BCUT2D eigenvalue weighted by Crippen LogP contribution is -2.45. The normalized spacial score (nSPS) is 12.1. The van der Waals surface area contributed by atoms with Gasteiger partial charge in [-0.25, -0.2) is 4.72 Å². The molecule has 118 valence electrons. The second kappa shape index (κ2) is 5.78. The first-order valence-corrected chi connectivity index (χ1v) is 8.88. The van der Waals surface area contributed by atoms with E-state index >= 15 is 0 Å². The van der Waals surface area contributed by atoms with Gasteiger partial charge in [0.1, 0.15) is 0 Å².